The summed E-state index contributed by atoms with van der Waals surface area (Å²) in [6.07, 6.45) is 1.79. The average molecular weight is 260 g/mol. The van der Waals surface area contributed by atoms with Crippen LogP contribution in [-0.4, -0.2) is 36.0 Å². The summed E-state index contributed by atoms with van der Waals surface area (Å²) in [5.41, 5.74) is -1.29. The van der Waals surface area contributed by atoms with E-state index < -0.39 is 11.4 Å². The molecule has 0 aliphatic heterocycles. The molecule has 0 amide bonds. The maximum Gasteiger partial charge on any atom is 0.314 e. The summed E-state index contributed by atoms with van der Waals surface area (Å²) in [5.74, 6) is -0.877. The SMILES string of the molecule is CCC(C)OCC(C)(COC(C)(C)CC)C(=O)O. The van der Waals surface area contributed by atoms with Crippen molar-refractivity contribution in [1.29, 1.82) is 0 Å². The van der Waals surface area contributed by atoms with E-state index in [0.29, 0.717) is 0 Å². The van der Waals surface area contributed by atoms with Gasteiger partial charge in [-0.3, -0.25) is 4.79 Å². The maximum absolute atomic E-state index is 11.4. The molecule has 18 heavy (non-hydrogen) atoms. The summed E-state index contributed by atoms with van der Waals surface area (Å²) in [6, 6.07) is 0. The minimum Gasteiger partial charge on any atom is -0.481 e. The highest BCUT2D eigenvalue weighted by atomic mass is 16.5. The zero-order valence-corrected chi connectivity index (χ0v) is 12.6. The Hall–Kier alpha value is -0.610. The second kappa shape index (κ2) is 7.10. The number of rotatable bonds is 9. The molecule has 4 nitrogen and oxygen atoms in total. The van der Waals surface area contributed by atoms with Crippen LogP contribution < -0.4 is 0 Å². The van der Waals surface area contributed by atoms with Gasteiger partial charge in [0.2, 0.25) is 0 Å². The predicted octanol–water partition coefficient (Wildman–Crippen LogP) is 3.10. The fourth-order valence-electron chi connectivity index (χ4n) is 1.07. The van der Waals surface area contributed by atoms with E-state index in [1.807, 2.05) is 34.6 Å². The van der Waals surface area contributed by atoms with Crippen LogP contribution in [0.5, 0.6) is 0 Å². The van der Waals surface area contributed by atoms with Gasteiger partial charge in [-0.15, -0.1) is 0 Å². The van der Waals surface area contributed by atoms with Crippen LogP contribution in [0.3, 0.4) is 0 Å². The van der Waals surface area contributed by atoms with Crippen LogP contribution in [-0.2, 0) is 14.3 Å². The van der Waals surface area contributed by atoms with Crippen molar-refractivity contribution in [3.63, 3.8) is 0 Å². The topological polar surface area (TPSA) is 55.8 Å². The molecule has 0 fully saturated rings. The average Bonchev–Trinajstić information content (AvgIpc) is 2.33. The van der Waals surface area contributed by atoms with Crippen molar-refractivity contribution >= 4 is 5.97 Å². The van der Waals surface area contributed by atoms with Crippen LogP contribution in [0.15, 0.2) is 0 Å². The number of carboxylic acid groups (broad SMARTS) is 1. The fourth-order valence-corrected chi connectivity index (χ4v) is 1.07. The summed E-state index contributed by atoms with van der Waals surface area (Å²) in [7, 11) is 0. The quantitative estimate of drug-likeness (QED) is 0.692. The zero-order valence-electron chi connectivity index (χ0n) is 12.6. The molecule has 1 N–H and O–H groups in total. The lowest BCUT2D eigenvalue weighted by molar-refractivity contribution is -0.163. The molecule has 0 aliphatic rings. The zero-order chi connectivity index (χ0) is 14.4. The van der Waals surface area contributed by atoms with E-state index >= 15 is 0 Å². The van der Waals surface area contributed by atoms with Gasteiger partial charge in [-0.25, -0.2) is 0 Å². The van der Waals surface area contributed by atoms with Crippen molar-refractivity contribution in [3.8, 4) is 0 Å². The molecule has 0 radical (unpaired) electrons. The number of carbonyl (C=O) groups is 1. The number of hydrogen-bond donors (Lipinski definition) is 1. The molecule has 4 heteroatoms. The highest BCUT2D eigenvalue weighted by molar-refractivity contribution is 5.74. The van der Waals surface area contributed by atoms with Gasteiger partial charge in [0.1, 0.15) is 5.41 Å². The third-order valence-electron chi connectivity index (χ3n) is 3.41. The molecule has 2 unspecified atom stereocenters. The molecule has 108 valence electrons. The molecule has 0 saturated carbocycles. The lowest BCUT2D eigenvalue weighted by Crippen LogP contribution is -2.41. The third-order valence-corrected chi connectivity index (χ3v) is 3.41. The van der Waals surface area contributed by atoms with E-state index in [9.17, 15) is 9.90 Å². The van der Waals surface area contributed by atoms with E-state index in [2.05, 4.69) is 0 Å². The molecule has 0 aromatic carbocycles. The van der Waals surface area contributed by atoms with E-state index in [1.54, 1.807) is 6.92 Å². The highest BCUT2D eigenvalue weighted by Crippen LogP contribution is 2.24. The highest BCUT2D eigenvalue weighted by Gasteiger charge is 2.36. The third kappa shape index (κ3) is 5.83. The Kier molecular flexibility index (Phi) is 6.86. The molecule has 0 heterocycles. The Balaban J connectivity index is 4.49. The van der Waals surface area contributed by atoms with Crippen molar-refractivity contribution in [3.05, 3.63) is 0 Å². The molecule has 0 aliphatic carbocycles. The predicted molar refractivity (Wildman–Crippen MR) is 71.8 cm³/mol. The molecular formula is C14H28O4. The lowest BCUT2D eigenvalue weighted by Gasteiger charge is -2.31. The first-order valence-corrected chi connectivity index (χ1v) is 6.66. The largest absolute Gasteiger partial charge is 0.481 e. The summed E-state index contributed by atoms with van der Waals surface area (Å²) < 4.78 is 11.3. The Morgan fingerprint density at radius 2 is 1.78 bits per heavy atom. The number of aliphatic carboxylic acids is 1. The number of ether oxygens (including phenoxy) is 2. The van der Waals surface area contributed by atoms with Crippen LogP contribution in [0.4, 0.5) is 0 Å². The van der Waals surface area contributed by atoms with Gasteiger partial charge in [-0.05, 0) is 40.5 Å². The Labute approximate surface area is 111 Å². The normalized spacial score (nSPS) is 17.2. The van der Waals surface area contributed by atoms with Crippen molar-refractivity contribution in [1.82, 2.24) is 0 Å². The monoisotopic (exact) mass is 260 g/mol. The van der Waals surface area contributed by atoms with Crippen LogP contribution in [0.2, 0.25) is 0 Å². The maximum atomic E-state index is 11.4. The van der Waals surface area contributed by atoms with E-state index in [1.165, 1.54) is 0 Å². The molecule has 0 rings (SSSR count). The first kappa shape index (κ1) is 17.4. The second-order valence-electron chi connectivity index (χ2n) is 5.80. The van der Waals surface area contributed by atoms with Crippen LogP contribution >= 0.6 is 0 Å². The molecule has 0 spiro atoms. The van der Waals surface area contributed by atoms with Crippen molar-refractivity contribution in [2.45, 2.75) is 66.1 Å². The van der Waals surface area contributed by atoms with Crippen molar-refractivity contribution in [2.24, 2.45) is 5.41 Å². The summed E-state index contributed by atoms with van der Waals surface area (Å²) in [5, 5.41) is 9.33. The molecule has 2 atom stereocenters. The van der Waals surface area contributed by atoms with Gasteiger partial charge < -0.3 is 14.6 Å². The first-order chi connectivity index (χ1) is 8.17. The van der Waals surface area contributed by atoms with Gasteiger partial charge in [0.05, 0.1) is 24.9 Å². The lowest BCUT2D eigenvalue weighted by atomic mass is 9.92. The minimum absolute atomic E-state index is 0.0721. The van der Waals surface area contributed by atoms with Gasteiger partial charge in [-0.2, -0.15) is 0 Å². The molecular weight excluding hydrogens is 232 g/mol. The van der Waals surface area contributed by atoms with E-state index in [4.69, 9.17) is 9.47 Å². The number of hydrogen-bond acceptors (Lipinski definition) is 3. The van der Waals surface area contributed by atoms with Gasteiger partial charge in [0, 0.05) is 0 Å². The van der Waals surface area contributed by atoms with Crippen LogP contribution in [0.25, 0.3) is 0 Å². The van der Waals surface area contributed by atoms with Crippen molar-refractivity contribution < 1.29 is 19.4 Å². The molecule has 0 bridgehead atoms. The van der Waals surface area contributed by atoms with Gasteiger partial charge >= 0.3 is 5.97 Å². The molecule has 0 saturated heterocycles. The van der Waals surface area contributed by atoms with E-state index in [0.717, 1.165) is 12.8 Å². The van der Waals surface area contributed by atoms with Gasteiger partial charge in [0.15, 0.2) is 0 Å². The fraction of sp³-hybridized carbons (Fsp3) is 0.929. The molecule has 0 aromatic rings. The smallest absolute Gasteiger partial charge is 0.314 e. The summed E-state index contributed by atoms with van der Waals surface area (Å²) in [6.45, 7) is 11.9. The Morgan fingerprint density at radius 3 is 2.17 bits per heavy atom. The van der Waals surface area contributed by atoms with Crippen LogP contribution in [0.1, 0.15) is 54.4 Å². The number of carboxylic acids is 1. The minimum atomic E-state index is -0.990. The second-order valence-corrected chi connectivity index (χ2v) is 5.80. The van der Waals surface area contributed by atoms with Crippen LogP contribution in [0, 0.1) is 5.41 Å². The van der Waals surface area contributed by atoms with Gasteiger partial charge in [-0.1, -0.05) is 13.8 Å². The first-order valence-electron chi connectivity index (χ1n) is 6.66. The van der Waals surface area contributed by atoms with E-state index in [-0.39, 0.29) is 24.9 Å². The summed E-state index contributed by atoms with van der Waals surface area (Å²) >= 11 is 0. The Bertz CT molecular complexity index is 263. The molecule has 0 aromatic heterocycles. The van der Waals surface area contributed by atoms with Gasteiger partial charge in [0.25, 0.3) is 0 Å². The van der Waals surface area contributed by atoms with Crippen molar-refractivity contribution in [2.75, 3.05) is 13.2 Å². The Morgan fingerprint density at radius 1 is 1.22 bits per heavy atom. The summed E-state index contributed by atoms with van der Waals surface area (Å²) in [4.78, 5) is 11.4. The standard InChI is InChI=1S/C14H28O4/c1-7-11(3)17-9-14(6,12(15)16)10-18-13(4,5)8-2/h11H,7-10H2,1-6H3,(H,15,16).